The lowest BCUT2D eigenvalue weighted by Gasteiger charge is -2.12. The molecule has 0 aliphatic heterocycles. The van der Waals surface area contributed by atoms with Crippen LogP contribution in [-0.2, 0) is 13.6 Å². The van der Waals surface area contributed by atoms with Crippen molar-refractivity contribution < 1.29 is 13.6 Å². The highest BCUT2D eigenvalue weighted by Gasteiger charge is 2.18. The molecule has 0 rings (SSSR count). The molecule has 78 valence electrons. The second-order valence-electron chi connectivity index (χ2n) is 2.24. The second kappa shape index (κ2) is 7.97. The van der Waals surface area contributed by atoms with E-state index in [4.69, 9.17) is 9.05 Å². The maximum absolute atomic E-state index is 11.8. The van der Waals surface area contributed by atoms with Crippen LogP contribution in [0.15, 0.2) is 11.9 Å². The Morgan fingerprint density at radius 2 is 1.85 bits per heavy atom. The number of rotatable bonds is 7. The first-order chi connectivity index (χ1) is 6.18. The van der Waals surface area contributed by atoms with E-state index in [0.717, 1.165) is 10.8 Å². The molecule has 13 heavy (non-hydrogen) atoms. The van der Waals surface area contributed by atoms with E-state index in [9.17, 15) is 4.57 Å². The maximum atomic E-state index is 11.8. The van der Waals surface area contributed by atoms with E-state index in [1.807, 2.05) is 6.08 Å². The van der Waals surface area contributed by atoms with Crippen LogP contribution in [0.2, 0.25) is 0 Å². The van der Waals surface area contributed by atoms with Gasteiger partial charge in [0.25, 0.3) is 0 Å². The predicted molar refractivity (Wildman–Crippen MR) is 63.5 cm³/mol. The van der Waals surface area contributed by atoms with E-state index < -0.39 is 7.60 Å². The smallest absolute Gasteiger partial charge is 0.306 e. The minimum atomic E-state index is -2.93. The molecule has 0 aromatic heterocycles. The summed E-state index contributed by atoms with van der Waals surface area (Å²) < 4.78 is 22.9. The summed E-state index contributed by atoms with van der Waals surface area (Å²) in [5, 5.41) is 0. The van der Waals surface area contributed by atoms with E-state index in [0.29, 0.717) is 13.2 Å². The topological polar surface area (TPSA) is 35.5 Å². The van der Waals surface area contributed by atoms with Gasteiger partial charge in [0.1, 0.15) is 0 Å². The third-order valence-electron chi connectivity index (χ3n) is 1.18. The Morgan fingerprint density at radius 1 is 1.31 bits per heavy atom. The molecular weight excluding hydrogens is 302 g/mol. The van der Waals surface area contributed by atoms with Crippen LogP contribution >= 0.6 is 30.2 Å². The van der Waals surface area contributed by atoms with Crippen molar-refractivity contribution in [2.45, 2.75) is 20.3 Å². The molecule has 3 nitrogen and oxygen atoms in total. The van der Waals surface area contributed by atoms with Crippen LogP contribution in [-0.4, -0.2) is 17.6 Å². The quantitative estimate of drug-likeness (QED) is 0.409. The molecule has 0 aromatic rings. The normalized spacial score (nSPS) is 12.5. The lowest BCUT2D eigenvalue weighted by molar-refractivity contribution is 0.229. The fraction of sp³-hybridized carbons (Fsp3) is 0.750. The van der Waals surface area contributed by atoms with Crippen molar-refractivity contribution in [3.8, 4) is 0 Å². The van der Waals surface area contributed by atoms with Gasteiger partial charge in [-0.05, 0) is 20.3 Å². The summed E-state index contributed by atoms with van der Waals surface area (Å²) in [7, 11) is -2.93. The summed E-state index contributed by atoms with van der Waals surface area (Å²) in [6.07, 6.45) is 2.74. The molecule has 0 aromatic carbocycles. The molecule has 0 spiro atoms. The van der Waals surface area contributed by atoms with Crippen LogP contribution in [0.5, 0.6) is 0 Å². The second-order valence-corrected chi connectivity index (χ2v) is 5.21. The Labute approximate surface area is 93.6 Å². The third kappa shape index (κ3) is 6.66. The van der Waals surface area contributed by atoms with Gasteiger partial charge >= 0.3 is 7.60 Å². The highest BCUT2D eigenvalue weighted by Crippen LogP contribution is 2.49. The summed E-state index contributed by atoms with van der Waals surface area (Å²) in [6.45, 7) is 4.42. The van der Waals surface area contributed by atoms with Gasteiger partial charge in [0, 0.05) is 10.2 Å². The Kier molecular flexibility index (Phi) is 8.35. The maximum Gasteiger partial charge on any atom is 0.353 e. The Bertz CT molecular complexity index is 184. The SMILES string of the molecule is CCOP(=O)(/C=C/CCI)OCC. The van der Waals surface area contributed by atoms with E-state index in [1.54, 1.807) is 19.7 Å². The summed E-state index contributed by atoms with van der Waals surface area (Å²) in [4.78, 5) is 0. The molecule has 0 N–H and O–H groups in total. The van der Waals surface area contributed by atoms with Crippen molar-refractivity contribution in [2.24, 2.45) is 0 Å². The molecule has 0 saturated carbocycles. The van der Waals surface area contributed by atoms with Crippen molar-refractivity contribution in [1.82, 2.24) is 0 Å². The largest absolute Gasteiger partial charge is 0.353 e. The molecule has 0 atom stereocenters. The highest BCUT2D eigenvalue weighted by atomic mass is 127. The van der Waals surface area contributed by atoms with Crippen LogP contribution in [0.1, 0.15) is 20.3 Å². The lowest BCUT2D eigenvalue weighted by Crippen LogP contribution is -1.92. The van der Waals surface area contributed by atoms with Gasteiger partial charge < -0.3 is 9.05 Å². The number of hydrogen-bond donors (Lipinski definition) is 0. The van der Waals surface area contributed by atoms with Crippen molar-refractivity contribution in [2.75, 3.05) is 17.6 Å². The summed E-state index contributed by atoms with van der Waals surface area (Å²) >= 11 is 2.26. The zero-order chi connectivity index (χ0) is 10.2. The van der Waals surface area contributed by atoms with Crippen molar-refractivity contribution >= 4 is 30.2 Å². The standard InChI is InChI=1S/C8H16IO3P/c1-3-11-13(10,12-4-2)8-6-5-7-9/h6,8H,3-5,7H2,1-2H3/b8-6+. The molecule has 0 saturated heterocycles. The minimum Gasteiger partial charge on any atom is -0.306 e. The zero-order valence-electron chi connectivity index (χ0n) is 8.03. The third-order valence-corrected chi connectivity index (χ3v) is 3.62. The van der Waals surface area contributed by atoms with Crippen molar-refractivity contribution in [3.05, 3.63) is 11.9 Å². The van der Waals surface area contributed by atoms with Crippen molar-refractivity contribution in [1.29, 1.82) is 0 Å². The fourth-order valence-electron chi connectivity index (χ4n) is 0.750. The first-order valence-corrected chi connectivity index (χ1v) is 7.44. The molecule has 0 fully saturated rings. The monoisotopic (exact) mass is 318 g/mol. The van der Waals surface area contributed by atoms with Crippen LogP contribution in [0.4, 0.5) is 0 Å². The van der Waals surface area contributed by atoms with Crippen molar-refractivity contribution in [3.63, 3.8) is 0 Å². The number of allylic oxidation sites excluding steroid dienone is 1. The molecule has 0 heterocycles. The van der Waals surface area contributed by atoms with Gasteiger partial charge in [-0.3, -0.25) is 4.57 Å². The molecule has 0 aliphatic carbocycles. The molecule has 0 unspecified atom stereocenters. The van der Waals surface area contributed by atoms with Gasteiger partial charge in [-0.1, -0.05) is 28.7 Å². The van der Waals surface area contributed by atoms with Gasteiger partial charge in [0.15, 0.2) is 0 Å². The summed E-state index contributed by atoms with van der Waals surface area (Å²) in [6, 6.07) is 0. The Hall–Kier alpha value is 0.620. The van der Waals surface area contributed by atoms with E-state index >= 15 is 0 Å². The number of halogens is 1. The average molecular weight is 318 g/mol. The Balaban J connectivity index is 4.14. The van der Waals surface area contributed by atoms with Crippen LogP contribution in [0.25, 0.3) is 0 Å². The van der Waals surface area contributed by atoms with Gasteiger partial charge in [0.05, 0.1) is 13.2 Å². The van der Waals surface area contributed by atoms with E-state index in [1.165, 1.54) is 0 Å². The van der Waals surface area contributed by atoms with Gasteiger partial charge in [-0.15, -0.1) is 0 Å². The first kappa shape index (κ1) is 13.6. The summed E-state index contributed by atoms with van der Waals surface area (Å²) in [5.74, 6) is 1.55. The van der Waals surface area contributed by atoms with E-state index in [2.05, 4.69) is 22.6 Å². The van der Waals surface area contributed by atoms with Gasteiger partial charge in [-0.25, -0.2) is 0 Å². The number of alkyl halides is 1. The predicted octanol–water partition coefficient (Wildman–Crippen LogP) is 3.59. The number of hydrogen-bond acceptors (Lipinski definition) is 3. The molecule has 0 bridgehead atoms. The minimum absolute atomic E-state index is 0.409. The summed E-state index contributed by atoms with van der Waals surface area (Å²) in [5.41, 5.74) is 0. The van der Waals surface area contributed by atoms with Gasteiger partial charge in [0.2, 0.25) is 0 Å². The molecule has 0 radical (unpaired) electrons. The first-order valence-electron chi connectivity index (χ1n) is 4.31. The molecule has 0 amide bonds. The fourth-order valence-corrected chi connectivity index (χ4v) is 2.48. The van der Waals surface area contributed by atoms with Crippen LogP contribution in [0, 0.1) is 0 Å². The highest BCUT2D eigenvalue weighted by molar-refractivity contribution is 14.1. The molecular formula is C8H16IO3P. The lowest BCUT2D eigenvalue weighted by atomic mass is 10.5. The Morgan fingerprint density at radius 3 is 2.23 bits per heavy atom. The molecule has 0 aliphatic rings. The van der Waals surface area contributed by atoms with E-state index in [-0.39, 0.29) is 0 Å². The van der Waals surface area contributed by atoms with Crippen LogP contribution < -0.4 is 0 Å². The zero-order valence-corrected chi connectivity index (χ0v) is 11.1. The average Bonchev–Trinajstić information content (AvgIpc) is 2.05. The van der Waals surface area contributed by atoms with Gasteiger partial charge in [-0.2, -0.15) is 0 Å². The molecule has 5 heteroatoms. The van der Waals surface area contributed by atoms with Crippen LogP contribution in [0.3, 0.4) is 0 Å².